The topological polar surface area (TPSA) is 9.23 Å². The lowest BCUT2D eigenvalue weighted by atomic mass is 10.7. The Balaban J connectivity index is 2.85. The van der Waals surface area contributed by atoms with E-state index in [4.69, 9.17) is 0 Å². The quantitative estimate of drug-likeness (QED) is 0.325. The van der Waals surface area contributed by atoms with Gasteiger partial charge in [0.25, 0.3) is 0 Å². The van der Waals surface area contributed by atoms with Gasteiger partial charge in [-0.05, 0) is 6.92 Å². The molecule has 0 aromatic heterocycles. The van der Waals surface area contributed by atoms with E-state index >= 15 is 0 Å². The first kappa shape index (κ1) is 4.76. The van der Waals surface area contributed by atoms with Crippen molar-refractivity contribution in [3.8, 4) is 0 Å². The molecule has 0 N–H and O–H groups in total. The van der Waals surface area contributed by atoms with Gasteiger partial charge in [-0.15, -0.1) is 0 Å². The zero-order valence-electron chi connectivity index (χ0n) is 3.32. The fraction of sp³-hybridized carbons (Fsp3) is 0.333. The Hall–Kier alpha value is -0.243. The van der Waals surface area contributed by atoms with Gasteiger partial charge in [-0.2, -0.15) is 0 Å². The van der Waals surface area contributed by atoms with Crippen LogP contribution in [0, 0.1) is 0 Å². The molecule has 1 radical (unpaired) electrons. The summed E-state index contributed by atoms with van der Waals surface area (Å²) in [5.74, 6) is 0.767. The van der Waals surface area contributed by atoms with Crippen molar-refractivity contribution in [3.05, 3.63) is 12.3 Å². The molecular weight excluding hydrogens is 80.1 g/mol. The molecule has 0 heterocycles. The molecule has 0 atom stereocenters. The Bertz CT molecular complexity index is 42.2. The van der Waals surface area contributed by atoms with Gasteiger partial charge < -0.3 is 4.43 Å². The fourth-order valence-electron chi connectivity index (χ4n) is 0. The van der Waals surface area contributed by atoms with Crippen molar-refractivity contribution in [2.24, 2.45) is 0 Å². The lowest BCUT2D eigenvalue weighted by Gasteiger charge is -1.89. The van der Waals surface area contributed by atoms with E-state index < -0.39 is 0 Å². The monoisotopic (exact) mass is 87.0 g/mol. The fourth-order valence-corrected chi connectivity index (χ4v) is 0. The molecule has 0 aliphatic carbocycles. The summed E-state index contributed by atoms with van der Waals surface area (Å²) in [5, 5.41) is 0. The molecule has 0 amide bonds. The highest BCUT2D eigenvalue weighted by Gasteiger charge is 1.64. The van der Waals surface area contributed by atoms with Gasteiger partial charge in [0.1, 0.15) is 0 Å². The summed E-state index contributed by atoms with van der Waals surface area (Å²) in [5.41, 5.74) is 0. The highest BCUT2D eigenvalue weighted by Crippen LogP contribution is 1.79. The van der Waals surface area contributed by atoms with E-state index in [-0.39, 0.29) is 0 Å². The van der Waals surface area contributed by atoms with Gasteiger partial charge in [0.15, 0.2) is 0 Å². The second-order valence-electron chi connectivity index (χ2n) is 0.846. The molecular formula is C3H7OSi. The number of hydrogen-bond donors (Lipinski definition) is 0. The van der Waals surface area contributed by atoms with Crippen LogP contribution in [0.5, 0.6) is 0 Å². The van der Waals surface area contributed by atoms with Crippen molar-refractivity contribution in [2.75, 3.05) is 0 Å². The standard InChI is InChI=1S/C3H7OSi/c1-3(2)4-5/h1,5H2,2H3. The van der Waals surface area contributed by atoms with Gasteiger partial charge >= 0.3 is 0 Å². The summed E-state index contributed by atoms with van der Waals surface area (Å²) in [7, 11) is 1.43. The highest BCUT2D eigenvalue weighted by atomic mass is 28.2. The first-order chi connectivity index (χ1) is 2.27. The Morgan fingerprint density at radius 1 is 2.00 bits per heavy atom. The third-order valence-corrected chi connectivity index (χ3v) is 0.739. The smallest absolute Gasteiger partial charge is 0.243 e. The maximum atomic E-state index is 4.58. The van der Waals surface area contributed by atoms with Crippen LogP contribution in [0.15, 0.2) is 12.3 Å². The Kier molecular flexibility index (Phi) is 1.92. The predicted octanol–water partition coefficient (Wildman–Crippen LogP) is 0.0847. The van der Waals surface area contributed by atoms with Crippen molar-refractivity contribution in [1.82, 2.24) is 0 Å². The lowest BCUT2D eigenvalue weighted by Crippen LogP contribution is -1.73. The summed E-state index contributed by atoms with van der Waals surface area (Å²) in [6.45, 7) is 5.27. The van der Waals surface area contributed by atoms with Gasteiger partial charge in [-0.1, -0.05) is 6.58 Å². The summed E-state index contributed by atoms with van der Waals surface area (Å²) < 4.78 is 4.58. The summed E-state index contributed by atoms with van der Waals surface area (Å²) >= 11 is 0. The Morgan fingerprint density at radius 3 is 2.20 bits per heavy atom. The van der Waals surface area contributed by atoms with Crippen LogP contribution in [0.4, 0.5) is 0 Å². The van der Waals surface area contributed by atoms with Gasteiger partial charge in [0.2, 0.25) is 10.5 Å². The lowest BCUT2D eigenvalue weighted by molar-refractivity contribution is 0.476. The molecule has 0 fully saturated rings. The van der Waals surface area contributed by atoms with E-state index in [1.165, 1.54) is 10.5 Å². The first-order valence-electron chi connectivity index (χ1n) is 1.35. The molecule has 0 saturated heterocycles. The van der Waals surface area contributed by atoms with Crippen molar-refractivity contribution in [1.29, 1.82) is 0 Å². The third kappa shape index (κ3) is 3.76. The molecule has 0 spiro atoms. The van der Waals surface area contributed by atoms with Crippen molar-refractivity contribution < 1.29 is 4.43 Å². The van der Waals surface area contributed by atoms with Crippen molar-refractivity contribution in [2.45, 2.75) is 6.92 Å². The largest absolute Gasteiger partial charge is 0.553 e. The van der Waals surface area contributed by atoms with Crippen LogP contribution in [0.1, 0.15) is 6.92 Å². The average molecular weight is 87.2 g/mol. The van der Waals surface area contributed by atoms with Crippen LogP contribution in [-0.2, 0) is 4.43 Å². The second kappa shape index (κ2) is 2.02. The zero-order valence-corrected chi connectivity index (χ0v) is 4.74. The molecule has 0 rings (SSSR count). The number of allylic oxidation sites excluding steroid dienone is 1. The molecule has 0 saturated carbocycles. The molecule has 0 bridgehead atoms. The molecule has 0 aliphatic heterocycles. The maximum absolute atomic E-state index is 4.58. The predicted molar refractivity (Wildman–Crippen MR) is 24.4 cm³/mol. The molecule has 29 valence electrons. The van der Waals surface area contributed by atoms with E-state index in [2.05, 4.69) is 11.0 Å². The van der Waals surface area contributed by atoms with Gasteiger partial charge in [-0.3, -0.25) is 0 Å². The van der Waals surface area contributed by atoms with Crippen molar-refractivity contribution in [3.63, 3.8) is 0 Å². The number of hydrogen-bond acceptors (Lipinski definition) is 1. The van der Waals surface area contributed by atoms with E-state index in [1.54, 1.807) is 0 Å². The summed E-state index contributed by atoms with van der Waals surface area (Å²) in [6, 6.07) is 0. The van der Waals surface area contributed by atoms with Crippen LogP contribution < -0.4 is 0 Å². The Morgan fingerprint density at radius 2 is 2.20 bits per heavy atom. The van der Waals surface area contributed by atoms with Gasteiger partial charge in [0, 0.05) is 0 Å². The minimum atomic E-state index is 0.767. The van der Waals surface area contributed by atoms with E-state index in [9.17, 15) is 0 Å². The van der Waals surface area contributed by atoms with Crippen LogP contribution >= 0.6 is 0 Å². The van der Waals surface area contributed by atoms with Crippen molar-refractivity contribution >= 4 is 10.5 Å². The highest BCUT2D eigenvalue weighted by molar-refractivity contribution is 5.98. The Labute approximate surface area is 35.2 Å². The molecule has 0 aromatic carbocycles. The average Bonchev–Trinajstić information content (AvgIpc) is 1.38. The van der Waals surface area contributed by atoms with Gasteiger partial charge in [0.05, 0.1) is 5.76 Å². The summed E-state index contributed by atoms with van der Waals surface area (Å²) in [6.07, 6.45) is 0. The normalized spacial score (nSPS) is 6.80. The molecule has 0 aromatic rings. The molecule has 1 nitrogen and oxygen atoms in total. The minimum Gasteiger partial charge on any atom is -0.553 e. The maximum Gasteiger partial charge on any atom is 0.243 e. The van der Waals surface area contributed by atoms with Crippen LogP contribution in [0.2, 0.25) is 0 Å². The molecule has 0 unspecified atom stereocenters. The first-order valence-corrected chi connectivity index (χ1v) is 1.92. The van der Waals surface area contributed by atoms with Gasteiger partial charge in [-0.25, -0.2) is 0 Å². The van der Waals surface area contributed by atoms with E-state index in [0.717, 1.165) is 5.76 Å². The summed E-state index contributed by atoms with van der Waals surface area (Å²) in [4.78, 5) is 0. The zero-order chi connectivity index (χ0) is 4.28. The third-order valence-electron chi connectivity index (χ3n) is 0.246. The van der Waals surface area contributed by atoms with Crippen LogP contribution in [0.3, 0.4) is 0 Å². The van der Waals surface area contributed by atoms with Crippen LogP contribution in [0.25, 0.3) is 0 Å². The van der Waals surface area contributed by atoms with E-state index in [0.29, 0.717) is 0 Å². The SMILES string of the molecule is C=C(C)O[SiH2]. The molecule has 0 aliphatic rings. The minimum absolute atomic E-state index is 0.767. The second-order valence-corrected chi connectivity index (χ2v) is 1.14. The number of rotatable bonds is 1. The van der Waals surface area contributed by atoms with Crippen LogP contribution in [-0.4, -0.2) is 10.5 Å². The molecule has 2 heteroatoms. The van der Waals surface area contributed by atoms with E-state index in [1.807, 2.05) is 6.92 Å². The molecule has 5 heavy (non-hydrogen) atoms.